The number of nitrogens with two attached hydrogens (primary N) is 3. The minimum absolute atomic E-state index is 0. The molecule has 42 heteroatoms. The summed E-state index contributed by atoms with van der Waals surface area (Å²) >= 11 is 16.0. The van der Waals surface area contributed by atoms with Crippen LogP contribution in [0.4, 0.5) is 35.5 Å². The molecule has 6 amide bonds. The minimum Gasteiger partial charge on any atom is -1.00 e. The SMILES string of the molecule is Brc1n[nH]c2c1CNCC2.CC.CC(C)(C)OC(=O)N1CCC(=O)C(C#N)C1.CC(C)(C)OC(=O)N1CCc2[nH]nc(Br)c2C1.CC(C)(C)OC(=O)N1CCc2[nH]nc(N)c2C1.CCOC(=O)CCN.NNO.O=C(Nc1cccc(Cl)c1)N1CCc2[nH]nc(Br)c2C1.[C-]#[N+]C=C.[C-]#[N+]CCN(CCC(=O)OCC)C(=O)OC(C)(C)C.[H-].[Na+]. The minimum atomic E-state index is -0.707. The number of amides is 6. The van der Waals surface area contributed by atoms with Crippen LogP contribution in [-0.4, -0.2) is 220 Å². The van der Waals surface area contributed by atoms with Crippen molar-refractivity contribution in [2.45, 2.75) is 204 Å². The summed E-state index contributed by atoms with van der Waals surface area (Å²) in [6.45, 7) is 52.9. The maximum Gasteiger partial charge on any atom is 1.00 e. The number of carbonyl (C=O) groups excluding carboxylic acids is 8. The van der Waals surface area contributed by atoms with Crippen LogP contribution in [0.15, 0.2) is 50.9 Å². The summed E-state index contributed by atoms with van der Waals surface area (Å²) in [6.07, 6.45) is 3.65. The van der Waals surface area contributed by atoms with Crippen LogP contribution in [0.2, 0.25) is 5.02 Å². The van der Waals surface area contributed by atoms with E-state index in [0.29, 0.717) is 88.5 Å². The molecule has 0 spiro atoms. The van der Waals surface area contributed by atoms with Crippen molar-refractivity contribution >= 4 is 119 Å². The van der Waals surface area contributed by atoms with Crippen molar-refractivity contribution in [1.82, 2.24) is 76.2 Å². The molecule has 646 valence electrons. The number of Topliss-reactive ketones (excluding diaryl/α,β-unsaturated/α-hetero) is 1. The summed E-state index contributed by atoms with van der Waals surface area (Å²) in [5, 5.41) is 50.5. The number of H-pyrrole nitrogens is 4. The van der Waals surface area contributed by atoms with Crippen LogP contribution in [0.1, 0.15) is 176 Å². The molecule has 1 fully saturated rings. The zero-order chi connectivity index (χ0) is 88.1. The van der Waals surface area contributed by atoms with E-state index in [1.807, 2.05) is 67.5 Å². The molecular formula is C75H117Br3ClN22NaO15. The van der Waals surface area contributed by atoms with E-state index >= 15 is 0 Å². The first-order chi connectivity index (χ1) is 54.5. The first-order valence-corrected chi connectivity index (χ1v) is 40.0. The number of carbonyl (C=O) groups is 8. The fraction of sp³-hybridized carbons (Fsp3) is 0.587. The Kier molecular flexibility index (Phi) is 52.0. The second-order valence-corrected chi connectivity index (χ2v) is 31.5. The molecule has 117 heavy (non-hydrogen) atoms. The number of ether oxygens (including phenoxy) is 6. The molecule has 37 nitrogen and oxygen atoms in total. The first-order valence-electron chi connectivity index (χ1n) is 37.3. The number of likely N-dealkylation sites (tertiary alicyclic amines) is 1. The number of nitrogen functional groups attached to an aromatic ring is 1. The molecule has 5 aliphatic heterocycles. The van der Waals surface area contributed by atoms with E-state index in [9.17, 15) is 38.4 Å². The van der Waals surface area contributed by atoms with Crippen molar-refractivity contribution in [2.75, 3.05) is 89.7 Å². The largest absolute Gasteiger partial charge is 1.00 e. The summed E-state index contributed by atoms with van der Waals surface area (Å²) < 4.78 is 32.9. The third-order valence-electron chi connectivity index (χ3n) is 15.2. The number of esters is 2. The van der Waals surface area contributed by atoms with Gasteiger partial charge in [-0.15, -0.1) is 12.2 Å². The number of halogens is 4. The Morgan fingerprint density at radius 3 is 1.55 bits per heavy atom. The van der Waals surface area contributed by atoms with Gasteiger partial charge in [-0.05, 0) is 163 Å². The summed E-state index contributed by atoms with van der Waals surface area (Å²) in [4.78, 5) is 106. The normalized spacial score (nSPS) is 13.9. The van der Waals surface area contributed by atoms with Gasteiger partial charge in [-0.3, -0.25) is 34.8 Å². The monoisotopic (exact) mass is 1860 g/mol. The van der Waals surface area contributed by atoms with Crippen LogP contribution in [0.3, 0.4) is 0 Å². The van der Waals surface area contributed by atoms with Gasteiger partial charge in [0.2, 0.25) is 6.54 Å². The van der Waals surface area contributed by atoms with Gasteiger partial charge in [0, 0.05) is 147 Å². The van der Waals surface area contributed by atoms with Gasteiger partial charge >= 0.3 is 71.9 Å². The molecule has 9 heterocycles. The van der Waals surface area contributed by atoms with Crippen LogP contribution in [0.5, 0.6) is 0 Å². The zero-order valence-electron chi connectivity index (χ0n) is 71.2. The Balaban J connectivity index is 0. The maximum atomic E-state index is 12.2. The number of benzene rings is 1. The number of aromatic nitrogens is 8. The molecule has 0 radical (unpaired) electrons. The van der Waals surface area contributed by atoms with Crippen molar-refractivity contribution < 1.29 is 103 Å². The van der Waals surface area contributed by atoms with Crippen molar-refractivity contribution in [1.29, 1.82) is 5.26 Å². The maximum absolute atomic E-state index is 12.2. The summed E-state index contributed by atoms with van der Waals surface area (Å²) in [5.74, 6) is 3.24. The Morgan fingerprint density at radius 2 is 1.11 bits per heavy atom. The topological polar surface area (TPSA) is 490 Å². The molecular weight excluding hydrogens is 1750 g/mol. The number of fused-ring (bicyclic) bond motifs is 4. The summed E-state index contributed by atoms with van der Waals surface area (Å²) in [5.41, 5.74) is 19.4. The average molecular weight is 1870 g/mol. The number of hydrazine groups is 1. The quantitative estimate of drug-likeness (QED) is 0.0155. The van der Waals surface area contributed by atoms with Crippen molar-refractivity contribution in [3.05, 3.63) is 124 Å². The van der Waals surface area contributed by atoms with Gasteiger partial charge in [0.05, 0.1) is 64.9 Å². The molecule has 4 aromatic heterocycles. The number of hydrogen-bond acceptors (Lipinski definition) is 25. The van der Waals surface area contributed by atoms with Crippen molar-refractivity contribution in [3.63, 3.8) is 0 Å². The number of urea groups is 1. The van der Waals surface area contributed by atoms with Crippen LogP contribution in [0.25, 0.3) is 9.69 Å². The molecule has 5 aliphatic rings. The molecule has 5 aromatic rings. The Labute approximate surface area is 739 Å². The van der Waals surface area contributed by atoms with E-state index in [2.05, 4.69) is 126 Å². The number of ketones is 1. The first kappa shape index (κ1) is 109. The smallest absolute Gasteiger partial charge is 1.00 e. The molecule has 1 unspecified atom stereocenters. The van der Waals surface area contributed by atoms with Crippen LogP contribution < -0.4 is 63.1 Å². The number of rotatable bonds is 10. The van der Waals surface area contributed by atoms with Crippen LogP contribution >= 0.6 is 59.4 Å². The van der Waals surface area contributed by atoms with Gasteiger partial charge < -0.3 is 86.5 Å². The number of nitrogens with zero attached hydrogens (tertiary/aromatic N) is 12. The van der Waals surface area contributed by atoms with E-state index in [0.717, 1.165) is 86.4 Å². The number of nitrogens with one attached hydrogen (secondary N) is 7. The van der Waals surface area contributed by atoms with Crippen molar-refractivity contribution in [3.8, 4) is 6.07 Å². The number of anilines is 2. The number of aromatic amines is 4. The predicted octanol–water partition coefficient (Wildman–Crippen LogP) is 9.35. The van der Waals surface area contributed by atoms with E-state index < -0.39 is 40.5 Å². The Hall–Kier alpha value is -8.44. The second-order valence-electron chi connectivity index (χ2n) is 28.8. The van der Waals surface area contributed by atoms with E-state index in [1.165, 1.54) is 32.8 Å². The molecule has 1 atom stereocenters. The van der Waals surface area contributed by atoms with E-state index in [-0.39, 0.29) is 106 Å². The number of piperidine rings is 1. The average Bonchev–Trinajstić information content (AvgIpc) is 1.67. The Bertz CT molecular complexity index is 3960. The fourth-order valence-electron chi connectivity index (χ4n) is 9.97. The fourth-order valence-corrected chi connectivity index (χ4v) is 11.5. The van der Waals surface area contributed by atoms with Gasteiger partial charge in [-0.25, -0.2) is 41.2 Å². The predicted molar refractivity (Wildman–Crippen MR) is 448 cm³/mol. The van der Waals surface area contributed by atoms with Gasteiger partial charge in [0.1, 0.15) is 54.1 Å². The van der Waals surface area contributed by atoms with Gasteiger partial charge in [0.15, 0.2) is 5.78 Å². The third kappa shape index (κ3) is 43.7. The van der Waals surface area contributed by atoms with E-state index in [1.54, 1.807) is 88.3 Å². The summed E-state index contributed by atoms with van der Waals surface area (Å²) in [6, 6.07) is 8.88. The molecule has 0 saturated carbocycles. The second kappa shape index (κ2) is 56.1. The molecule has 0 aliphatic carbocycles. The van der Waals surface area contributed by atoms with Crippen LogP contribution in [0, 0.1) is 30.4 Å². The Morgan fingerprint density at radius 1 is 0.692 bits per heavy atom. The van der Waals surface area contributed by atoms with Gasteiger partial charge in [-0.2, -0.15) is 25.7 Å². The molecule has 1 aromatic carbocycles. The molecule has 0 bridgehead atoms. The molecule has 10 rings (SSSR count). The van der Waals surface area contributed by atoms with Crippen LogP contribution in [-0.2, 0) is 94.7 Å². The third-order valence-corrected chi connectivity index (χ3v) is 17.4. The number of hydrogen-bond donors (Lipinski definition) is 11. The summed E-state index contributed by atoms with van der Waals surface area (Å²) in [7, 11) is 0. The molecule has 14 N–H and O–H groups in total. The van der Waals surface area contributed by atoms with Gasteiger partial charge in [0.25, 0.3) is 0 Å². The zero-order valence-corrected chi connectivity index (χ0v) is 77.7. The van der Waals surface area contributed by atoms with E-state index in [4.69, 9.17) is 70.4 Å². The van der Waals surface area contributed by atoms with Gasteiger partial charge in [-0.1, -0.05) is 31.5 Å². The standard InChI is InChI=1S/C13H12BrClN4O.C13H22N2O4.C11H16BrN3O2.C11H18N4O2.C11H16N2O3.C6H8BrN3.C5H11NO2.C3H3N.C2H6.H4N2O.Na.H/c14-12-10-7-19(5-4-11(10)17-18-12)13(20)16-9-3-1-2-8(15)6-9;1-6-18-11(16)7-9-15(10-8-14-5)12(17)19-13(2,3)4;2*1-11(2,3)17-10(16)15-5-4-8-7(6-15)9(12)14-13-8;1-11(2,3)16-10(15)13-5-4-9(14)8(6-12)7-13;7-6-4-3-8-2-1-5(4)9-10-6;1-2-8-5(7)3-4-6;1-3-4-2;1-2;1-2-3;;/h1-3,6H,4-5,7H2,(H,16,20)(H,17,18);6-10H2,1-4H3;4-6H2,1-3H3,(H,13,14);4-6H2,1-3H3,(H3,12,13,14);8H,4-5,7H2,1-3H3;8H,1-3H2,(H,9,10);2-4,6H2,1H3;3H,1H2;1-2H3;2-3H,1H2;;/q;;;;;;;;;;+1;-1. The van der Waals surface area contributed by atoms with Crippen molar-refractivity contribution in [2.24, 2.45) is 17.5 Å². The molecule has 1 saturated heterocycles. The number of nitriles is 1.